The third-order valence-corrected chi connectivity index (χ3v) is 3.17. The lowest BCUT2D eigenvalue weighted by Gasteiger charge is -2.46. The minimum atomic E-state index is -2.75. The molecule has 0 aromatic carbocycles. The second-order valence-electron chi connectivity index (χ2n) is 3.98. The molecule has 0 saturated heterocycles. The average Bonchev–Trinajstić information content (AvgIpc) is 1.97. The highest BCUT2D eigenvalue weighted by atomic mass is 16.4. The summed E-state index contributed by atoms with van der Waals surface area (Å²) in [4.78, 5) is 32.5. The van der Waals surface area contributed by atoms with Crippen LogP contribution < -0.4 is 0 Å². The number of aliphatic hydroxyl groups is 1. The summed E-state index contributed by atoms with van der Waals surface area (Å²) < 4.78 is 0. The average molecular weight is 232 g/mol. The van der Waals surface area contributed by atoms with Crippen LogP contribution in [0, 0.1) is 5.41 Å². The Morgan fingerprint density at radius 2 is 1.62 bits per heavy atom. The van der Waals surface area contributed by atoms with Gasteiger partial charge in [0.25, 0.3) is 0 Å². The molecule has 1 unspecified atom stereocenters. The van der Waals surface area contributed by atoms with Crippen molar-refractivity contribution in [1.29, 1.82) is 0 Å². The molecule has 7 nitrogen and oxygen atoms in total. The van der Waals surface area contributed by atoms with E-state index in [9.17, 15) is 19.5 Å². The monoisotopic (exact) mass is 232 g/mol. The van der Waals surface area contributed by atoms with Gasteiger partial charge in [-0.3, -0.25) is 9.59 Å². The van der Waals surface area contributed by atoms with Gasteiger partial charge in [0, 0.05) is 0 Å². The molecule has 1 aliphatic rings. The molecule has 7 heteroatoms. The predicted molar refractivity (Wildman–Crippen MR) is 48.8 cm³/mol. The van der Waals surface area contributed by atoms with Crippen LogP contribution >= 0.6 is 0 Å². The normalized spacial score (nSPS) is 21.6. The van der Waals surface area contributed by atoms with E-state index in [2.05, 4.69) is 0 Å². The molecule has 90 valence electrons. The minimum absolute atomic E-state index is 0.0294. The SMILES string of the molecule is O=C(O)CC(O)(C(=O)O)C1(C(=O)O)CCC1. The molecule has 16 heavy (non-hydrogen) atoms. The van der Waals surface area contributed by atoms with E-state index >= 15 is 0 Å². The molecular weight excluding hydrogens is 220 g/mol. The highest BCUT2D eigenvalue weighted by Crippen LogP contribution is 2.51. The Labute approximate surface area is 90.3 Å². The standard InChI is InChI=1S/C9H12O7/c10-5(11)4-9(16,7(14)15)8(6(12)13)2-1-3-8/h16H,1-4H2,(H,10,11)(H,12,13)(H,14,15). The van der Waals surface area contributed by atoms with E-state index in [4.69, 9.17) is 15.3 Å². The lowest BCUT2D eigenvalue weighted by molar-refractivity contribution is -0.204. The van der Waals surface area contributed by atoms with Crippen molar-refractivity contribution in [1.82, 2.24) is 0 Å². The summed E-state index contributed by atoms with van der Waals surface area (Å²) in [7, 11) is 0. The van der Waals surface area contributed by atoms with Crippen molar-refractivity contribution in [3.05, 3.63) is 0 Å². The third kappa shape index (κ3) is 1.53. The first-order chi connectivity index (χ1) is 7.26. The topological polar surface area (TPSA) is 132 Å². The van der Waals surface area contributed by atoms with Gasteiger partial charge in [-0.2, -0.15) is 0 Å². The van der Waals surface area contributed by atoms with Gasteiger partial charge < -0.3 is 20.4 Å². The van der Waals surface area contributed by atoms with Gasteiger partial charge >= 0.3 is 17.9 Å². The molecule has 1 aliphatic carbocycles. The molecule has 4 N–H and O–H groups in total. The molecule has 1 fully saturated rings. The van der Waals surface area contributed by atoms with Crippen LogP contribution in [0.4, 0.5) is 0 Å². The van der Waals surface area contributed by atoms with Gasteiger partial charge in [-0.05, 0) is 12.8 Å². The second kappa shape index (κ2) is 3.75. The van der Waals surface area contributed by atoms with Crippen LogP contribution in [0.15, 0.2) is 0 Å². The van der Waals surface area contributed by atoms with E-state index in [1.54, 1.807) is 0 Å². The van der Waals surface area contributed by atoms with E-state index in [0.29, 0.717) is 6.42 Å². The Morgan fingerprint density at radius 1 is 1.12 bits per heavy atom. The molecular formula is C9H12O7. The summed E-state index contributed by atoms with van der Waals surface area (Å²) in [5, 5.41) is 36.2. The zero-order valence-corrected chi connectivity index (χ0v) is 8.34. The maximum atomic E-state index is 11.0. The Hall–Kier alpha value is -1.63. The number of hydrogen-bond acceptors (Lipinski definition) is 4. The summed E-state index contributed by atoms with van der Waals surface area (Å²) in [6, 6.07) is 0. The Bertz CT molecular complexity index is 344. The molecule has 0 aliphatic heterocycles. The first-order valence-electron chi connectivity index (χ1n) is 4.67. The largest absolute Gasteiger partial charge is 0.481 e. The Balaban J connectivity index is 3.14. The predicted octanol–water partition coefficient (Wildman–Crippen LogP) is -0.468. The van der Waals surface area contributed by atoms with E-state index in [1.807, 2.05) is 0 Å². The highest BCUT2D eigenvalue weighted by Gasteiger charge is 2.64. The van der Waals surface area contributed by atoms with Gasteiger partial charge in [0.05, 0.1) is 6.42 Å². The molecule has 0 heterocycles. The summed E-state index contributed by atoms with van der Waals surface area (Å²) in [6.07, 6.45) is -0.715. The number of rotatable bonds is 5. The number of carboxylic acids is 3. The van der Waals surface area contributed by atoms with Gasteiger partial charge in [-0.25, -0.2) is 4.79 Å². The first kappa shape index (κ1) is 12.4. The van der Waals surface area contributed by atoms with Crippen LogP contribution in [-0.2, 0) is 14.4 Å². The summed E-state index contributed by atoms with van der Waals surface area (Å²) in [5.41, 5.74) is -4.62. The van der Waals surface area contributed by atoms with Crippen LogP contribution in [0.1, 0.15) is 25.7 Å². The number of carboxylic acid groups (broad SMARTS) is 3. The van der Waals surface area contributed by atoms with Gasteiger partial charge in [-0.1, -0.05) is 6.42 Å². The molecule has 1 saturated carbocycles. The van der Waals surface area contributed by atoms with E-state index in [0.717, 1.165) is 0 Å². The van der Waals surface area contributed by atoms with Crippen molar-refractivity contribution >= 4 is 17.9 Å². The van der Waals surface area contributed by atoms with Gasteiger partial charge in [-0.15, -0.1) is 0 Å². The van der Waals surface area contributed by atoms with Gasteiger partial charge in [0.15, 0.2) is 5.60 Å². The van der Waals surface area contributed by atoms with Gasteiger partial charge in [0.2, 0.25) is 0 Å². The maximum absolute atomic E-state index is 11.0. The highest BCUT2D eigenvalue weighted by molar-refractivity contribution is 5.92. The van der Waals surface area contributed by atoms with Crippen LogP contribution in [0.5, 0.6) is 0 Å². The Kier molecular flexibility index (Phi) is 2.91. The van der Waals surface area contributed by atoms with Crippen LogP contribution in [0.3, 0.4) is 0 Å². The number of aliphatic carboxylic acids is 3. The molecule has 0 amide bonds. The summed E-state index contributed by atoms with van der Waals surface area (Å²) >= 11 is 0. The molecule has 1 rings (SSSR count). The van der Waals surface area contributed by atoms with Crippen molar-refractivity contribution in [2.24, 2.45) is 5.41 Å². The first-order valence-corrected chi connectivity index (χ1v) is 4.67. The number of hydrogen-bond donors (Lipinski definition) is 4. The zero-order valence-electron chi connectivity index (χ0n) is 8.34. The fraction of sp³-hybridized carbons (Fsp3) is 0.667. The van der Waals surface area contributed by atoms with Crippen LogP contribution in [0.2, 0.25) is 0 Å². The molecule has 1 atom stereocenters. The van der Waals surface area contributed by atoms with Crippen molar-refractivity contribution in [2.45, 2.75) is 31.3 Å². The smallest absolute Gasteiger partial charge is 0.337 e. The molecule has 0 radical (unpaired) electrons. The maximum Gasteiger partial charge on any atom is 0.337 e. The lowest BCUT2D eigenvalue weighted by atomic mass is 9.57. The fourth-order valence-corrected chi connectivity index (χ4v) is 2.00. The zero-order chi connectivity index (χ0) is 12.6. The number of carbonyl (C=O) groups is 3. The summed E-state index contributed by atoms with van der Waals surface area (Å²) in [6.45, 7) is 0. The molecule has 0 aromatic rings. The van der Waals surface area contributed by atoms with E-state index in [1.165, 1.54) is 0 Å². The fourth-order valence-electron chi connectivity index (χ4n) is 2.00. The molecule has 0 aromatic heterocycles. The van der Waals surface area contributed by atoms with E-state index < -0.39 is 35.3 Å². The minimum Gasteiger partial charge on any atom is -0.481 e. The lowest BCUT2D eigenvalue weighted by Crippen LogP contribution is -2.62. The Morgan fingerprint density at radius 3 is 1.81 bits per heavy atom. The molecule has 0 bridgehead atoms. The summed E-state index contributed by atoms with van der Waals surface area (Å²) in [5.74, 6) is -4.82. The second-order valence-corrected chi connectivity index (χ2v) is 3.98. The van der Waals surface area contributed by atoms with Gasteiger partial charge in [0.1, 0.15) is 5.41 Å². The van der Waals surface area contributed by atoms with Crippen LogP contribution in [0.25, 0.3) is 0 Å². The van der Waals surface area contributed by atoms with E-state index in [-0.39, 0.29) is 12.8 Å². The quantitative estimate of drug-likeness (QED) is 0.503. The third-order valence-electron chi connectivity index (χ3n) is 3.17. The van der Waals surface area contributed by atoms with Crippen molar-refractivity contribution in [3.8, 4) is 0 Å². The molecule has 0 spiro atoms. The van der Waals surface area contributed by atoms with Crippen molar-refractivity contribution in [2.75, 3.05) is 0 Å². The van der Waals surface area contributed by atoms with Crippen molar-refractivity contribution in [3.63, 3.8) is 0 Å². The van der Waals surface area contributed by atoms with Crippen molar-refractivity contribution < 1.29 is 34.8 Å². The van der Waals surface area contributed by atoms with Crippen LogP contribution in [-0.4, -0.2) is 43.9 Å².